The van der Waals surface area contributed by atoms with Gasteiger partial charge in [0.25, 0.3) is 5.56 Å². The number of ether oxygens (including phenoxy) is 2. The lowest BCUT2D eigenvalue weighted by atomic mass is 10.1. The maximum Gasteiger partial charge on any atom is 0.252 e. The molecule has 2 aromatic carbocycles. The maximum absolute atomic E-state index is 13.1. The summed E-state index contributed by atoms with van der Waals surface area (Å²) in [6.45, 7) is 0.707. The Balaban J connectivity index is 1.72. The summed E-state index contributed by atoms with van der Waals surface area (Å²) in [5, 5.41) is 9.93. The first-order valence-corrected chi connectivity index (χ1v) is 11.0. The summed E-state index contributed by atoms with van der Waals surface area (Å²) in [6, 6.07) is 13.2. The molecule has 8 nitrogen and oxygen atoms in total. The van der Waals surface area contributed by atoms with Crippen molar-refractivity contribution < 1.29 is 23.0 Å². The van der Waals surface area contributed by atoms with Crippen molar-refractivity contribution >= 4 is 20.9 Å². The summed E-state index contributed by atoms with van der Waals surface area (Å²) in [4.78, 5) is 15.6. The largest absolute Gasteiger partial charge is 0.486 e. The minimum Gasteiger partial charge on any atom is -0.486 e. The number of hydrogen-bond acceptors (Lipinski definition) is 6. The van der Waals surface area contributed by atoms with Crippen LogP contribution in [0.3, 0.4) is 0 Å². The number of fused-ring (bicyclic) bond motifs is 2. The molecule has 0 saturated carbocycles. The molecule has 2 N–H and O–H groups in total. The number of aromatic nitrogens is 1. The second kappa shape index (κ2) is 8.47. The van der Waals surface area contributed by atoms with Crippen LogP contribution in [0.1, 0.15) is 12.0 Å². The van der Waals surface area contributed by atoms with Gasteiger partial charge in [0.1, 0.15) is 13.2 Å². The number of pyridine rings is 1. The third-order valence-corrected chi connectivity index (χ3v) is 6.74. The van der Waals surface area contributed by atoms with Crippen molar-refractivity contribution in [3.63, 3.8) is 0 Å². The van der Waals surface area contributed by atoms with Gasteiger partial charge in [-0.3, -0.25) is 4.79 Å². The molecule has 30 heavy (non-hydrogen) atoms. The number of rotatable bonds is 7. The quantitative estimate of drug-likeness (QED) is 0.592. The number of nitrogens with zero attached hydrogens (tertiary/aromatic N) is 1. The van der Waals surface area contributed by atoms with Crippen LogP contribution < -0.4 is 15.0 Å². The third-order valence-electron chi connectivity index (χ3n) is 4.88. The van der Waals surface area contributed by atoms with Gasteiger partial charge in [0.2, 0.25) is 10.0 Å². The van der Waals surface area contributed by atoms with E-state index in [1.165, 1.54) is 16.4 Å². The lowest BCUT2D eigenvalue weighted by Crippen LogP contribution is -2.34. The van der Waals surface area contributed by atoms with Crippen LogP contribution in [0.15, 0.2) is 58.2 Å². The van der Waals surface area contributed by atoms with Crippen molar-refractivity contribution in [3.8, 4) is 11.5 Å². The monoisotopic (exact) mass is 430 g/mol. The lowest BCUT2D eigenvalue weighted by Gasteiger charge is -2.22. The average Bonchev–Trinajstić information content (AvgIpc) is 2.76. The van der Waals surface area contributed by atoms with Crippen molar-refractivity contribution in [1.82, 2.24) is 9.29 Å². The normalized spacial score (nSPS) is 13.7. The van der Waals surface area contributed by atoms with E-state index >= 15 is 0 Å². The van der Waals surface area contributed by atoms with Gasteiger partial charge >= 0.3 is 0 Å². The highest BCUT2D eigenvalue weighted by molar-refractivity contribution is 7.89. The van der Waals surface area contributed by atoms with Crippen LogP contribution in [0.2, 0.25) is 0 Å². The zero-order valence-corrected chi connectivity index (χ0v) is 17.0. The zero-order valence-electron chi connectivity index (χ0n) is 16.2. The van der Waals surface area contributed by atoms with E-state index in [-0.39, 0.29) is 36.6 Å². The van der Waals surface area contributed by atoms with Crippen molar-refractivity contribution in [2.24, 2.45) is 0 Å². The lowest BCUT2D eigenvalue weighted by molar-refractivity contribution is 0.172. The number of H-pyrrole nitrogens is 1. The molecule has 1 aliphatic rings. The molecule has 0 bridgehead atoms. The van der Waals surface area contributed by atoms with E-state index in [0.717, 1.165) is 0 Å². The predicted octanol–water partition coefficient (Wildman–Crippen LogP) is 1.87. The van der Waals surface area contributed by atoms with Crippen LogP contribution in [0.5, 0.6) is 11.5 Å². The predicted molar refractivity (Wildman–Crippen MR) is 111 cm³/mol. The second-order valence-corrected chi connectivity index (χ2v) is 8.87. The smallest absolute Gasteiger partial charge is 0.252 e. The summed E-state index contributed by atoms with van der Waals surface area (Å²) < 4.78 is 38.6. The molecular weight excluding hydrogens is 408 g/mol. The summed E-state index contributed by atoms with van der Waals surface area (Å²) in [5.74, 6) is 1.15. The Labute approximate surface area is 173 Å². The highest BCUT2D eigenvalue weighted by Crippen LogP contribution is 2.33. The number of sulfonamides is 1. The van der Waals surface area contributed by atoms with Gasteiger partial charge in [-0.2, -0.15) is 4.31 Å². The summed E-state index contributed by atoms with van der Waals surface area (Å²) in [7, 11) is -3.83. The highest BCUT2D eigenvalue weighted by Gasteiger charge is 2.25. The molecule has 0 unspecified atom stereocenters. The van der Waals surface area contributed by atoms with Gasteiger partial charge in [-0.1, -0.05) is 18.2 Å². The minimum atomic E-state index is -3.83. The molecule has 0 spiro atoms. The molecule has 0 aliphatic carbocycles. The standard InChI is InChI=1S/C21H22N2O6S/c24-8-4-7-23(30(26,27)17-5-2-1-3-6-17)14-16-11-15-12-19-20(29-10-9-28-19)13-18(15)22-21(16)25/h1-3,5-6,11-13,24H,4,7-10,14H2,(H,22,25). The zero-order chi connectivity index (χ0) is 21.1. The number of nitrogens with one attached hydrogen (secondary N) is 1. The Morgan fingerprint density at radius 2 is 1.73 bits per heavy atom. The molecule has 0 amide bonds. The minimum absolute atomic E-state index is 0.0896. The first-order valence-electron chi connectivity index (χ1n) is 9.60. The van der Waals surface area contributed by atoms with Crippen LogP contribution in [0.25, 0.3) is 10.9 Å². The Morgan fingerprint density at radius 1 is 1.03 bits per heavy atom. The molecule has 3 aromatic rings. The fourth-order valence-electron chi connectivity index (χ4n) is 3.37. The van der Waals surface area contributed by atoms with Crippen LogP contribution >= 0.6 is 0 Å². The van der Waals surface area contributed by atoms with Crippen LogP contribution in [0, 0.1) is 0 Å². The SMILES string of the molecule is O=c1[nH]c2cc3c(cc2cc1CN(CCCO)S(=O)(=O)c1ccccc1)OCCO3. The number of hydrogen-bond donors (Lipinski definition) is 2. The van der Waals surface area contributed by atoms with Crippen molar-refractivity contribution in [2.45, 2.75) is 17.9 Å². The van der Waals surface area contributed by atoms with E-state index in [4.69, 9.17) is 9.47 Å². The van der Waals surface area contributed by atoms with Crippen LogP contribution in [0.4, 0.5) is 0 Å². The second-order valence-electron chi connectivity index (χ2n) is 6.94. The Morgan fingerprint density at radius 3 is 2.43 bits per heavy atom. The summed E-state index contributed by atoms with van der Waals surface area (Å²) in [6.07, 6.45) is 0.260. The molecular formula is C21H22N2O6S. The van der Waals surface area contributed by atoms with Crippen molar-refractivity contribution in [3.05, 3.63) is 64.4 Å². The number of aliphatic hydroxyl groups excluding tert-OH is 1. The molecule has 1 aromatic heterocycles. The van der Waals surface area contributed by atoms with Gasteiger partial charge in [-0.15, -0.1) is 0 Å². The summed E-state index contributed by atoms with van der Waals surface area (Å²) >= 11 is 0. The number of benzene rings is 2. The van der Waals surface area contributed by atoms with E-state index in [1.54, 1.807) is 36.4 Å². The molecule has 158 valence electrons. The molecule has 9 heteroatoms. The van der Waals surface area contributed by atoms with Gasteiger partial charge in [0.05, 0.1) is 10.4 Å². The fourth-order valence-corrected chi connectivity index (χ4v) is 4.85. The van der Waals surface area contributed by atoms with Crippen LogP contribution in [-0.4, -0.2) is 49.2 Å². The van der Waals surface area contributed by atoms with E-state index in [2.05, 4.69) is 4.98 Å². The average molecular weight is 430 g/mol. The van der Waals surface area contributed by atoms with Crippen molar-refractivity contribution in [2.75, 3.05) is 26.4 Å². The van der Waals surface area contributed by atoms with Gasteiger partial charge in [-0.25, -0.2) is 8.42 Å². The molecule has 4 rings (SSSR count). The first-order chi connectivity index (χ1) is 14.5. The van der Waals surface area contributed by atoms with Gasteiger partial charge in [0.15, 0.2) is 11.5 Å². The molecule has 2 heterocycles. The third kappa shape index (κ3) is 4.04. The van der Waals surface area contributed by atoms with E-state index in [0.29, 0.717) is 41.2 Å². The summed E-state index contributed by atoms with van der Waals surface area (Å²) in [5.41, 5.74) is 0.508. The van der Waals surface area contributed by atoms with Gasteiger partial charge in [0, 0.05) is 36.7 Å². The number of aliphatic hydroxyl groups is 1. The molecule has 1 aliphatic heterocycles. The van der Waals surface area contributed by atoms with Crippen molar-refractivity contribution in [1.29, 1.82) is 0 Å². The topological polar surface area (TPSA) is 109 Å². The Kier molecular flexibility index (Phi) is 5.76. The molecule has 0 fully saturated rings. The molecule has 0 radical (unpaired) electrons. The van der Waals surface area contributed by atoms with Crippen LogP contribution in [-0.2, 0) is 16.6 Å². The fraction of sp³-hybridized carbons (Fsp3) is 0.286. The van der Waals surface area contributed by atoms with E-state index in [9.17, 15) is 18.3 Å². The molecule has 0 atom stereocenters. The maximum atomic E-state index is 13.1. The molecule has 0 saturated heterocycles. The first kappa shape index (κ1) is 20.4. The number of aromatic amines is 1. The van der Waals surface area contributed by atoms with E-state index < -0.39 is 10.0 Å². The van der Waals surface area contributed by atoms with Gasteiger partial charge < -0.3 is 19.6 Å². The van der Waals surface area contributed by atoms with E-state index in [1.807, 2.05) is 0 Å². The highest BCUT2D eigenvalue weighted by atomic mass is 32.2. The van der Waals surface area contributed by atoms with Gasteiger partial charge in [-0.05, 0) is 30.7 Å². The Hall–Kier alpha value is -2.88. The Bertz CT molecular complexity index is 1210.